The summed E-state index contributed by atoms with van der Waals surface area (Å²) in [5, 5.41) is 10.8. The molecule has 4 nitrogen and oxygen atoms in total. The van der Waals surface area contributed by atoms with Crippen LogP contribution in [0.2, 0.25) is 0 Å². The van der Waals surface area contributed by atoms with Crippen LogP contribution in [0.25, 0.3) is 0 Å². The molecule has 4 rings (SSSR count). The summed E-state index contributed by atoms with van der Waals surface area (Å²) in [6.07, 6.45) is 2.17. The predicted molar refractivity (Wildman–Crippen MR) is 81.4 cm³/mol. The topological polar surface area (TPSA) is 35.9 Å². The lowest BCUT2D eigenvalue weighted by atomic mass is 9.95. The largest absolute Gasteiger partial charge is 0.491 e. The number of nitrogens with zero attached hydrogens (tertiary/aromatic N) is 2. The molecule has 2 saturated heterocycles. The van der Waals surface area contributed by atoms with Crippen LogP contribution in [0, 0.1) is 0 Å². The molecule has 1 aromatic carbocycles. The molecule has 0 aromatic heterocycles. The number of rotatable bonds is 1. The van der Waals surface area contributed by atoms with Gasteiger partial charge in [-0.05, 0) is 32.4 Å². The van der Waals surface area contributed by atoms with Crippen molar-refractivity contribution in [3.05, 3.63) is 29.8 Å². The molecule has 1 aromatic rings. The van der Waals surface area contributed by atoms with Gasteiger partial charge in [-0.2, -0.15) is 0 Å². The molecule has 0 spiro atoms. The zero-order valence-electron chi connectivity index (χ0n) is 12.6. The number of hydrogen-bond donors (Lipinski definition) is 1. The normalized spacial score (nSPS) is 36.9. The van der Waals surface area contributed by atoms with E-state index in [0.717, 1.165) is 24.4 Å². The van der Waals surface area contributed by atoms with Gasteiger partial charge in [-0.15, -0.1) is 0 Å². The van der Waals surface area contributed by atoms with Gasteiger partial charge in [0.05, 0.1) is 6.04 Å². The maximum Gasteiger partial charge on any atom is 0.125 e. The third-order valence-electron chi connectivity index (χ3n) is 5.42. The first-order valence-electron chi connectivity index (χ1n) is 8.13. The van der Waals surface area contributed by atoms with Crippen molar-refractivity contribution in [1.82, 2.24) is 9.80 Å². The molecule has 1 N–H and O–H groups in total. The molecule has 0 saturated carbocycles. The Labute approximate surface area is 126 Å². The quantitative estimate of drug-likeness (QED) is 0.852. The van der Waals surface area contributed by atoms with Crippen LogP contribution in [-0.4, -0.2) is 59.3 Å². The van der Waals surface area contributed by atoms with Crippen molar-refractivity contribution in [3.8, 4) is 5.75 Å². The smallest absolute Gasteiger partial charge is 0.125 e. The van der Waals surface area contributed by atoms with Crippen molar-refractivity contribution < 1.29 is 9.84 Å². The number of ether oxygens (including phenoxy) is 1. The fourth-order valence-electron chi connectivity index (χ4n) is 4.28. The van der Waals surface area contributed by atoms with Gasteiger partial charge in [-0.25, -0.2) is 0 Å². The molecule has 0 aliphatic carbocycles. The Morgan fingerprint density at radius 1 is 1.24 bits per heavy atom. The molecule has 0 amide bonds. The summed E-state index contributed by atoms with van der Waals surface area (Å²) in [6.45, 7) is 6.30. The molecule has 114 valence electrons. The zero-order valence-corrected chi connectivity index (χ0v) is 12.6. The van der Waals surface area contributed by atoms with Crippen LogP contribution in [0.5, 0.6) is 5.75 Å². The Morgan fingerprint density at radius 3 is 3.00 bits per heavy atom. The van der Waals surface area contributed by atoms with Crippen LogP contribution in [0.15, 0.2) is 24.3 Å². The first kappa shape index (κ1) is 13.6. The highest BCUT2D eigenvalue weighted by atomic mass is 16.5. The minimum atomic E-state index is -0.439. The Kier molecular flexibility index (Phi) is 3.40. The Balaban J connectivity index is 1.56. The SMILES string of the molecule is CC1CN2CCCC2CN1C1COc2ccccc2C1O. The van der Waals surface area contributed by atoms with Crippen LogP contribution < -0.4 is 4.74 Å². The van der Waals surface area contributed by atoms with E-state index in [0.29, 0.717) is 18.7 Å². The van der Waals surface area contributed by atoms with Gasteiger partial charge in [-0.3, -0.25) is 9.80 Å². The molecule has 2 fully saturated rings. The van der Waals surface area contributed by atoms with Gasteiger partial charge in [0.25, 0.3) is 0 Å². The molecule has 4 atom stereocenters. The average molecular weight is 288 g/mol. The first-order chi connectivity index (χ1) is 10.2. The van der Waals surface area contributed by atoms with E-state index < -0.39 is 6.10 Å². The van der Waals surface area contributed by atoms with Crippen molar-refractivity contribution in [2.45, 2.75) is 44.0 Å². The van der Waals surface area contributed by atoms with E-state index in [4.69, 9.17) is 4.74 Å². The maximum absolute atomic E-state index is 10.8. The Hall–Kier alpha value is -1.10. The van der Waals surface area contributed by atoms with Gasteiger partial charge in [-0.1, -0.05) is 18.2 Å². The van der Waals surface area contributed by atoms with E-state index >= 15 is 0 Å². The molecule has 3 aliphatic rings. The Morgan fingerprint density at radius 2 is 2.10 bits per heavy atom. The summed E-state index contributed by atoms with van der Waals surface area (Å²) < 4.78 is 5.90. The number of para-hydroxylation sites is 1. The number of aliphatic hydroxyl groups is 1. The summed E-state index contributed by atoms with van der Waals surface area (Å²) in [6, 6.07) is 9.12. The fraction of sp³-hybridized carbons (Fsp3) is 0.647. The summed E-state index contributed by atoms with van der Waals surface area (Å²) in [5.74, 6) is 0.841. The van der Waals surface area contributed by atoms with Crippen molar-refractivity contribution >= 4 is 0 Å². The highest BCUT2D eigenvalue weighted by Crippen LogP contribution is 2.36. The minimum absolute atomic E-state index is 0.0812. The number of benzene rings is 1. The molecular formula is C17H24N2O2. The number of piperazine rings is 1. The van der Waals surface area contributed by atoms with Crippen molar-refractivity contribution in [2.24, 2.45) is 0 Å². The lowest BCUT2D eigenvalue weighted by Gasteiger charge is -2.48. The van der Waals surface area contributed by atoms with Gasteiger partial charge in [0.15, 0.2) is 0 Å². The van der Waals surface area contributed by atoms with Crippen molar-refractivity contribution in [2.75, 3.05) is 26.2 Å². The lowest BCUT2D eigenvalue weighted by Crippen LogP contribution is -2.60. The Bertz CT molecular complexity index is 521. The summed E-state index contributed by atoms with van der Waals surface area (Å²) in [7, 11) is 0. The lowest BCUT2D eigenvalue weighted by molar-refractivity contribution is -0.0500. The van der Waals surface area contributed by atoms with E-state index in [1.807, 2.05) is 24.3 Å². The van der Waals surface area contributed by atoms with Gasteiger partial charge in [0, 0.05) is 30.7 Å². The second kappa shape index (κ2) is 5.27. The van der Waals surface area contributed by atoms with Crippen molar-refractivity contribution in [1.29, 1.82) is 0 Å². The number of fused-ring (bicyclic) bond motifs is 2. The summed E-state index contributed by atoms with van der Waals surface area (Å²) >= 11 is 0. The molecule has 3 aliphatic heterocycles. The van der Waals surface area contributed by atoms with Crippen LogP contribution in [0.3, 0.4) is 0 Å². The second-order valence-electron chi connectivity index (χ2n) is 6.70. The van der Waals surface area contributed by atoms with Crippen LogP contribution in [-0.2, 0) is 0 Å². The summed E-state index contributed by atoms with van der Waals surface area (Å²) in [4.78, 5) is 5.10. The third kappa shape index (κ3) is 2.26. The number of aliphatic hydroxyl groups excluding tert-OH is 1. The molecule has 0 bridgehead atoms. The van der Waals surface area contributed by atoms with Gasteiger partial charge < -0.3 is 9.84 Å². The molecular weight excluding hydrogens is 264 g/mol. The monoisotopic (exact) mass is 288 g/mol. The molecule has 4 heteroatoms. The van der Waals surface area contributed by atoms with E-state index in [2.05, 4.69) is 16.7 Å². The highest BCUT2D eigenvalue weighted by molar-refractivity contribution is 5.37. The first-order valence-corrected chi connectivity index (χ1v) is 8.13. The van der Waals surface area contributed by atoms with Crippen LogP contribution in [0.1, 0.15) is 31.4 Å². The standard InChI is InChI=1S/C17H24N2O2/c1-12-9-18-8-4-5-13(18)10-19(12)15-11-21-16-7-3-2-6-14(16)17(15)20/h2-3,6-7,12-13,15,17,20H,4-5,8-11H2,1H3. The molecule has 3 heterocycles. The highest BCUT2D eigenvalue weighted by Gasteiger charge is 2.41. The average Bonchev–Trinajstić information content (AvgIpc) is 2.94. The second-order valence-corrected chi connectivity index (χ2v) is 6.70. The van der Waals surface area contributed by atoms with Crippen LogP contribution >= 0.6 is 0 Å². The summed E-state index contributed by atoms with van der Waals surface area (Å²) in [5.41, 5.74) is 0.940. The van der Waals surface area contributed by atoms with Crippen molar-refractivity contribution in [3.63, 3.8) is 0 Å². The fourth-order valence-corrected chi connectivity index (χ4v) is 4.28. The molecule has 0 radical (unpaired) electrons. The third-order valence-corrected chi connectivity index (χ3v) is 5.42. The maximum atomic E-state index is 10.8. The minimum Gasteiger partial charge on any atom is -0.491 e. The van der Waals surface area contributed by atoms with Gasteiger partial charge in [0.2, 0.25) is 0 Å². The van der Waals surface area contributed by atoms with E-state index in [-0.39, 0.29) is 6.04 Å². The molecule has 4 unspecified atom stereocenters. The van der Waals surface area contributed by atoms with E-state index in [9.17, 15) is 5.11 Å². The van der Waals surface area contributed by atoms with E-state index in [1.54, 1.807) is 0 Å². The van der Waals surface area contributed by atoms with Gasteiger partial charge in [0.1, 0.15) is 18.5 Å². The predicted octanol–water partition coefficient (Wildman–Crippen LogP) is 1.65. The zero-order chi connectivity index (χ0) is 14.4. The van der Waals surface area contributed by atoms with E-state index in [1.165, 1.54) is 19.4 Å². The molecule has 21 heavy (non-hydrogen) atoms. The van der Waals surface area contributed by atoms with Gasteiger partial charge >= 0.3 is 0 Å². The van der Waals surface area contributed by atoms with Crippen LogP contribution in [0.4, 0.5) is 0 Å². The number of hydrogen-bond acceptors (Lipinski definition) is 4.